The first-order valence-corrected chi connectivity index (χ1v) is 9.97. The van der Waals surface area contributed by atoms with E-state index >= 15 is 0 Å². The van der Waals surface area contributed by atoms with Crippen LogP contribution in [0.1, 0.15) is 58.4 Å². The van der Waals surface area contributed by atoms with Crippen molar-refractivity contribution in [3.05, 3.63) is 64.2 Å². The highest BCUT2D eigenvalue weighted by molar-refractivity contribution is 6.30. The van der Waals surface area contributed by atoms with Crippen LogP contribution in [0.4, 0.5) is 5.69 Å². The summed E-state index contributed by atoms with van der Waals surface area (Å²) in [6.07, 6.45) is 5.11. The lowest BCUT2D eigenvalue weighted by atomic mass is 9.88. The van der Waals surface area contributed by atoms with Gasteiger partial charge < -0.3 is 5.32 Å². The summed E-state index contributed by atoms with van der Waals surface area (Å²) in [5.41, 5.74) is 2.05. The number of halogens is 1. The minimum absolute atomic E-state index is 0.00867. The van der Waals surface area contributed by atoms with Crippen LogP contribution in [0.25, 0.3) is 0 Å². The van der Waals surface area contributed by atoms with E-state index in [1.165, 1.54) is 11.3 Å². The topological polar surface area (TPSA) is 66.5 Å². The van der Waals surface area contributed by atoms with Gasteiger partial charge in [-0.2, -0.15) is 0 Å². The molecule has 0 aromatic heterocycles. The molecule has 0 atom stereocenters. The van der Waals surface area contributed by atoms with Crippen LogP contribution in [0, 0.1) is 5.92 Å². The van der Waals surface area contributed by atoms with Gasteiger partial charge in [-0.1, -0.05) is 43.0 Å². The van der Waals surface area contributed by atoms with Crippen molar-refractivity contribution in [2.24, 2.45) is 5.92 Å². The number of rotatable bonds is 4. The Labute approximate surface area is 168 Å². The van der Waals surface area contributed by atoms with Crippen LogP contribution >= 0.6 is 11.6 Å². The second-order valence-electron chi connectivity index (χ2n) is 7.37. The van der Waals surface area contributed by atoms with Crippen LogP contribution in [0.3, 0.4) is 0 Å². The third-order valence-electron chi connectivity index (χ3n) is 5.51. The van der Waals surface area contributed by atoms with Gasteiger partial charge in [0, 0.05) is 16.6 Å². The summed E-state index contributed by atoms with van der Waals surface area (Å²) in [5.74, 6) is -0.655. The number of carbonyl (C=O) groups excluding carboxylic acids is 3. The lowest BCUT2D eigenvalue weighted by Crippen LogP contribution is -2.30. The van der Waals surface area contributed by atoms with Crippen molar-refractivity contribution in [2.45, 2.75) is 38.6 Å². The van der Waals surface area contributed by atoms with E-state index in [-0.39, 0.29) is 30.2 Å². The fraction of sp³-hybridized carbons (Fsp3) is 0.318. The zero-order valence-corrected chi connectivity index (χ0v) is 16.2. The molecule has 6 heteroatoms. The highest BCUT2D eigenvalue weighted by Gasteiger charge is 2.35. The van der Waals surface area contributed by atoms with Crippen molar-refractivity contribution in [2.75, 3.05) is 5.32 Å². The molecule has 2 aromatic rings. The summed E-state index contributed by atoms with van der Waals surface area (Å²) in [4.78, 5) is 39.2. The first-order chi connectivity index (χ1) is 13.5. The minimum atomic E-state index is -0.329. The van der Waals surface area contributed by atoms with Gasteiger partial charge in [-0.15, -0.1) is 0 Å². The number of imide groups is 1. The maximum absolute atomic E-state index is 12.7. The maximum atomic E-state index is 12.7. The quantitative estimate of drug-likeness (QED) is 0.764. The summed E-state index contributed by atoms with van der Waals surface area (Å²) in [6.45, 7) is 0.0627. The van der Waals surface area contributed by atoms with Gasteiger partial charge in [-0.3, -0.25) is 19.3 Å². The van der Waals surface area contributed by atoms with Crippen LogP contribution < -0.4 is 5.32 Å². The zero-order valence-electron chi connectivity index (χ0n) is 15.4. The summed E-state index contributed by atoms with van der Waals surface area (Å²) < 4.78 is 0. The number of fused-ring (bicyclic) bond motifs is 1. The number of hydrogen-bond donors (Lipinski definition) is 1. The normalized spacial score (nSPS) is 17.0. The average molecular weight is 397 g/mol. The van der Waals surface area contributed by atoms with Crippen molar-refractivity contribution in [3.63, 3.8) is 0 Å². The van der Waals surface area contributed by atoms with Crippen molar-refractivity contribution in [3.8, 4) is 0 Å². The summed E-state index contributed by atoms with van der Waals surface area (Å²) in [7, 11) is 0. The van der Waals surface area contributed by atoms with Gasteiger partial charge in [-0.05, 0) is 48.7 Å². The molecule has 5 nitrogen and oxygen atoms in total. The zero-order chi connectivity index (χ0) is 19.7. The molecule has 144 valence electrons. The van der Waals surface area contributed by atoms with Gasteiger partial charge in [0.15, 0.2) is 0 Å². The molecule has 1 N–H and O–H groups in total. The molecule has 2 aromatic carbocycles. The standard InChI is InChI=1S/C22H21ClN2O3/c23-16-10-11-19(24-20(26)14-6-2-1-3-7-14)15(12-16)13-25-21(27)17-8-4-5-9-18(17)22(25)28/h4-5,8-12,14H,1-3,6-7,13H2,(H,24,26). The molecule has 1 fully saturated rings. The van der Waals surface area contributed by atoms with Crippen molar-refractivity contribution in [1.29, 1.82) is 0 Å². The fourth-order valence-corrected chi connectivity index (χ4v) is 4.16. The van der Waals surface area contributed by atoms with Gasteiger partial charge in [0.25, 0.3) is 11.8 Å². The van der Waals surface area contributed by atoms with Gasteiger partial charge in [0.05, 0.1) is 17.7 Å². The van der Waals surface area contributed by atoms with Gasteiger partial charge >= 0.3 is 0 Å². The highest BCUT2D eigenvalue weighted by Crippen LogP contribution is 2.30. The Morgan fingerprint density at radius 1 is 1.00 bits per heavy atom. The molecule has 0 saturated heterocycles. The summed E-state index contributed by atoms with van der Waals surface area (Å²) >= 11 is 6.15. The fourth-order valence-electron chi connectivity index (χ4n) is 3.97. The van der Waals surface area contributed by atoms with Gasteiger partial charge in [0.2, 0.25) is 5.91 Å². The molecule has 0 radical (unpaired) electrons. The summed E-state index contributed by atoms with van der Waals surface area (Å²) in [6, 6.07) is 11.9. The van der Waals surface area contributed by atoms with E-state index in [0.29, 0.717) is 27.4 Å². The Hall–Kier alpha value is -2.66. The molecule has 0 unspecified atom stereocenters. The van der Waals surface area contributed by atoms with E-state index in [9.17, 15) is 14.4 Å². The molecular weight excluding hydrogens is 376 g/mol. The molecule has 1 heterocycles. The number of carbonyl (C=O) groups is 3. The Morgan fingerprint density at radius 2 is 1.64 bits per heavy atom. The lowest BCUT2D eigenvalue weighted by Gasteiger charge is -2.22. The van der Waals surface area contributed by atoms with Crippen LogP contribution in [-0.4, -0.2) is 22.6 Å². The third kappa shape index (κ3) is 3.54. The highest BCUT2D eigenvalue weighted by atomic mass is 35.5. The van der Waals surface area contributed by atoms with Crippen LogP contribution in [-0.2, 0) is 11.3 Å². The smallest absolute Gasteiger partial charge is 0.261 e. The minimum Gasteiger partial charge on any atom is -0.326 e. The van der Waals surface area contributed by atoms with Crippen molar-refractivity contribution < 1.29 is 14.4 Å². The average Bonchev–Trinajstić information content (AvgIpc) is 2.96. The molecule has 28 heavy (non-hydrogen) atoms. The molecule has 1 saturated carbocycles. The van der Waals surface area contributed by atoms with Crippen molar-refractivity contribution in [1.82, 2.24) is 4.90 Å². The molecule has 3 amide bonds. The predicted octanol–water partition coefficient (Wildman–Crippen LogP) is 4.66. The number of nitrogens with zero attached hydrogens (tertiary/aromatic N) is 1. The Bertz CT molecular complexity index is 916. The van der Waals surface area contributed by atoms with Gasteiger partial charge in [0.1, 0.15) is 0 Å². The Morgan fingerprint density at radius 3 is 2.29 bits per heavy atom. The first kappa shape index (κ1) is 18.7. The molecule has 1 aliphatic heterocycles. The largest absolute Gasteiger partial charge is 0.326 e. The van der Waals surface area contributed by atoms with E-state index in [1.54, 1.807) is 42.5 Å². The van der Waals surface area contributed by atoms with E-state index in [1.807, 2.05) is 0 Å². The number of anilines is 1. The molecule has 0 spiro atoms. The van der Waals surface area contributed by atoms with E-state index in [2.05, 4.69) is 5.32 Å². The second kappa shape index (κ2) is 7.76. The van der Waals surface area contributed by atoms with Gasteiger partial charge in [-0.25, -0.2) is 0 Å². The number of amides is 3. The lowest BCUT2D eigenvalue weighted by molar-refractivity contribution is -0.120. The monoisotopic (exact) mass is 396 g/mol. The molecule has 4 rings (SSSR count). The second-order valence-corrected chi connectivity index (χ2v) is 7.80. The number of nitrogens with one attached hydrogen (secondary N) is 1. The van der Waals surface area contributed by atoms with Crippen molar-refractivity contribution >= 4 is 35.0 Å². The van der Waals surface area contributed by atoms with E-state index < -0.39 is 0 Å². The number of benzene rings is 2. The van der Waals surface area contributed by atoms with Crippen LogP contribution in [0.15, 0.2) is 42.5 Å². The third-order valence-corrected chi connectivity index (χ3v) is 5.74. The Kier molecular flexibility index (Phi) is 5.18. The first-order valence-electron chi connectivity index (χ1n) is 9.59. The molecule has 1 aliphatic carbocycles. The molecular formula is C22H21ClN2O3. The Balaban J connectivity index is 1.57. The van der Waals surface area contributed by atoms with Crippen LogP contribution in [0.2, 0.25) is 5.02 Å². The van der Waals surface area contributed by atoms with E-state index in [0.717, 1.165) is 25.7 Å². The molecule has 0 bridgehead atoms. The number of hydrogen-bond acceptors (Lipinski definition) is 3. The summed E-state index contributed by atoms with van der Waals surface area (Å²) in [5, 5.41) is 3.47. The predicted molar refractivity (Wildman–Crippen MR) is 107 cm³/mol. The SMILES string of the molecule is O=C(Nc1ccc(Cl)cc1CN1C(=O)c2ccccc2C1=O)C1CCCCC1. The maximum Gasteiger partial charge on any atom is 0.261 e. The van der Waals surface area contributed by atoms with Crippen LogP contribution in [0.5, 0.6) is 0 Å². The van der Waals surface area contributed by atoms with E-state index in [4.69, 9.17) is 11.6 Å². The molecule has 2 aliphatic rings.